The lowest BCUT2D eigenvalue weighted by molar-refractivity contribution is -0.143. The molecule has 0 radical (unpaired) electrons. The molecule has 1 atom stereocenters. The molecule has 2 aromatic rings. The molecule has 1 aliphatic rings. The molecule has 1 aliphatic heterocycles. The Kier molecular flexibility index (Phi) is 12.0. The Labute approximate surface area is 260 Å². The van der Waals surface area contributed by atoms with Gasteiger partial charge in [0.1, 0.15) is 5.02 Å². The molecule has 1 fully saturated rings. The first-order valence-electron chi connectivity index (χ1n) is 13.1. The molecule has 0 saturated carbocycles. The Hall–Kier alpha value is -3.83. The van der Waals surface area contributed by atoms with Gasteiger partial charge in [0.25, 0.3) is 0 Å². The number of hydrogen-bond acceptors (Lipinski definition) is 6. The lowest BCUT2D eigenvalue weighted by atomic mass is 10.0. The van der Waals surface area contributed by atoms with Gasteiger partial charge in [-0.3, -0.25) is 0 Å². The van der Waals surface area contributed by atoms with Gasteiger partial charge in [0, 0.05) is 58.1 Å². The molecule has 0 aliphatic carbocycles. The Morgan fingerprint density at radius 1 is 1.18 bits per heavy atom. The van der Waals surface area contributed by atoms with Crippen LogP contribution < -0.4 is 10.3 Å². The fraction of sp³-hybridized carbons (Fsp3) is 0.393. The molecule has 2 heterocycles. The molecule has 1 aromatic carbocycles. The van der Waals surface area contributed by atoms with Crippen LogP contribution in [0.2, 0.25) is 10.3 Å². The van der Waals surface area contributed by atoms with Crippen LogP contribution in [0.25, 0.3) is 0 Å². The Morgan fingerprint density at radius 3 is 2.45 bits per heavy atom. The van der Waals surface area contributed by atoms with E-state index >= 15 is 0 Å². The molecule has 8 nitrogen and oxygen atoms in total. The van der Waals surface area contributed by atoms with Crippen molar-refractivity contribution < 1.29 is 26.3 Å². The Morgan fingerprint density at radius 2 is 1.86 bits per heavy atom. The van der Waals surface area contributed by atoms with Gasteiger partial charge in [-0.25, -0.2) is 9.98 Å². The van der Waals surface area contributed by atoms with Crippen molar-refractivity contribution in [3.8, 4) is 12.5 Å². The largest absolute Gasteiger partial charge is 0.416 e. The molecule has 0 spiro atoms. The van der Waals surface area contributed by atoms with Crippen LogP contribution in [0.15, 0.2) is 51.1 Å². The maximum atomic E-state index is 13.6. The highest BCUT2D eigenvalue weighted by molar-refractivity contribution is 6.33. The van der Waals surface area contributed by atoms with Crippen LogP contribution in [-0.2, 0) is 18.9 Å². The zero-order chi connectivity index (χ0) is 32.5. The van der Waals surface area contributed by atoms with E-state index in [0.29, 0.717) is 43.9 Å². The second-order valence-corrected chi connectivity index (χ2v) is 10.4. The van der Waals surface area contributed by atoms with Gasteiger partial charge < -0.3 is 15.2 Å². The topological polar surface area (TPSA) is 81.4 Å². The van der Waals surface area contributed by atoms with E-state index in [1.807, 2.05) is 4.90 Å². The van der Waals surface area contributed by atoms with Crippen molar-refractivity contribution >= 4 is 47.4 Å². The second-order valence-electron chi connectivity index (χ2n) is 9.61. The van der Waals surface area contributed by atoms with Crippen molar-refractivity contribution in [2.45, 2.75) is 38.7 Å². The summed E-state index contributed by atoms with van der Waals surface area (Å²) >= 11 is 12.2. The van der Waals surface area contributed by atoms with E-state index in [9.17, 15) is 26.3 Å². The van der Waals surface area contributed by atoms with Gasteiger partial charge in [-0.15, -0.1) is 0 Å². The summed E-state index contributed by atoms with van der Waals surface area (Å²) in [6.07, 6.45) is 2.54. The van der Waals surface area contributed by atoms with Gasteiger partial charge in [-0.2, -0.15) is 41.4 Å². The number of aromatic nitrogens is 2. The smallest absolute Gasteiger partial charge is 0.355 e. The van der Waals surface area contributed by atoms with E-state index in [-0.39, 0.29) is 46.9 Å². The minimum atomic E-state index is -5.00. The van der Waals surface area contributed by atoms with E-state index in [1.165, 1.54) is 17.3 Å². The first-order valence-corrected chi connectivity index (χ1v) is 13.9. The summed E-state index contributed by atoms with van der Waals surface area (Å²) in [6, 6.07) is 3.56. The fourth-order valence-corrected chi connectivity index (χ4v) is 4.80. The Bertz CT molecular complexity index is 1430. The number of nitrogens with zero attached hydrogens (tertiary/aromatic N) is 7. The summed E-state index contributed by atoms with van der Waals surface area (Å²) in [5, 5.41) is 4.22. The van der Waals surface area contributed by atoms with Crippen molar-refractivity contribution in [3.05, 3.63) is 63.0 Å². The molecule has 1 aromatic heterocycles. The summed E-state index contributed by atoms with van der Waals surface area (Å²) in [5.41, 5.74) is 0.301. The number of rotatable bonds is 9. The summed E-state index contributed by atoms with van der Waals surface area (Å²) < 4.78 is 81.6. The van der Waals surface area contributed by atoms with Crippen LogP contribution in [0.5, 0.6) is 0 Å². The molecule has 1 N–H and O–H groups in total. The first-order chi connectivity index (χ1) is 20.7. The number of guanidine groups is 1. The molecule has 44 heavy (non-hydrogen) atoms. The van der Waals surface area contributed by atoms with Gasteiger partial charge in [0.15, 0.2) is 5.82 Å². The van der Waals surface area contributed by atoms with Gasteiger partial charge in [0.05, 0.1) is 17.3 Å². The summed E-state index contributed by atoms with van der Waals surface area (Å²) in [6.45, 7) is 2.45. The third-order valence-electron chi connectivity index (χ3n) is 6.49. The monoisotopic (exact) mass is 660 g/mol. The van der Waals surface area contributed by atoms with Crippen LogP contribution >= 0.6 is 23.2 Å². The van der Waals surface area contributed by atoms with E-state index in [1.54, 1.807) is 26.3 Å². The first kappa shape index (κ1) is 34.7. The molecule has 236 valence electrons. The average molecular weight is 661 g/mol. The zero-order valence-electron chi connectivity index (χ0n) is 23.6. The Balaban J connectivity index is 1.98. The summed E-state index contributed by atoms with van der Waals surface area (Å²) in [4.78, 5) is 19.7. The zero-order valence-corrected chi connectivity index (χ0v) is 25.1. The predicted octanol–water partition coefficient (Wildman–Crippen LogP) is 6.71. The van der Waals surface area contributed by atoms with E-state index < -0.39 is 23.5 Å². The maximum Gasteiger partial charge on any atom is 0.416 e. The minimum absolute atomic E-state index is 0.00229. The van der Waals surface area contributed by atoms with Gasteiger partial charge in [-0.1, -0.05) is 24.1 Å². The molecule has 0 amide bonds. The number of anilines is 1. The molecule has 1 saturated heterocycles. The number of terminal acetylenes is 1. The van der Waals surface area contributed by atoms with Crippen LogP contribution in [-0.4, -0.2) is 59.9 Å². The second kappa shape index (κ2) is 15.3. The lowest BCUT2D eigenvalue weighted by Gasteiger charge is -2.27. The molecular formula is C28H28Cl2F6N8. The van der Waals surface area contributed by atoms with Crippen molar-refractivity contribution in [3.63, 3.8) is 0 Å². The van der Waals surface area contributed by atoms with Crippen molar-refractivity contribution in [2.75, 3.05) is 31.6 Å². The van der Waals surface area contributed by atoms with E-state index in [0.717, 1.165) is 5.57 Å². The van der Waals surface area contributed by atoms with Crippen LogP contribution in [0, 0.1) is 18.4 Å². The fourth-order valence-electron chi connectivity index (χ4n) is 4.46. The quantitative estimate of drug-likeness (QED) is 0.0808. The number of hydrogen-bond donors (Lipinski definition) is 1. The van der Waals surface area contributed by atoms with Crippen LogP contribution in [0.4, 0.5) is 32.2 Å². The molecule has 3 rings (SSSR count). The third-order valence-corrected chi connectivity index (χ3v) is 6.94. The normalized spacial score (nSPS) is 16.7. The van der Waals surface area contributed by atoms with Crippen LogP contribution in [0.3, 0.4) is 0 Å². The van der Waals surface area contributed by atoms with Gasteiger partial charge >= 0.3 is 12.4 Å². The molecule has 0 unspecified atom stereocenters. The van der Waals surface area contributed by atoms with Gasteiger partial charge in [0.2, 0.25) is 11.2 Å². The van der Waals surface area contributed by atoms with E-state index in [2.05, 4.69) is 36.5 Å². The summed E-state index contributed by atoms with van der Waals surface area (Å²) in [7, 11) is 1.63. The van der Waals surface area contributed by atoms with Crippen molar-refractivity contribution in [1.82, 2.24) is 20.3 Å². The molecule has 0 bridgehead atoms. The maximum absolute atomic E-state index is 13.6. The van der Waals surface area contributed by atoms with Gasteiger partial charge in [-0.05, 0) is 60.2 Å². The average Bonchev–Trinajstić information content (AvgIpc) is 3.42. The number of halogens is 8. The van der Waals surface area contributed by atoms with E-state index in [4.69, 9.17) is 29.6 Å². The van der Waals surface area contributed by atoms with Crippen molar-refractivity contribution in [1.29, 1.82) is 0 Å². The number of allylic oxidation sites excluding steroid dienone is 2. The number of benzene rings is 1. The highest BCUT2D eigenvalue weighted by Gasteiger charge is 2.37. The highest BCUT2D eigenvalue weighted by Crippen LogP contribution is 2.37. The molecule has 16 heteroatoms. The highest BCUT2D eigenvalue weighted by atomic mass is 35.5. The number of hydrazone groups is 1. The minimum Gasteiger partial charge on any atom is -0.355 e. The van der Waals surface area contributed by atoms with Crippen molar-refractivity contribution in [2.24, 2.45) is 21.0 Å². The molecular weight excluding hydrogens is 633 g/mol. The number of aliphatic imine (C=N–C) groups is 2. The lowest BCUT2D eigenvalue weighted by Crippen LogP contribution is -2.35. The van der Waals surface area contributed by atoms with Crippen LogP contribution in [0.1, 0.15) is 36.5 Å². The SMILES string of the molecule is C#CN=C(N=CCC(/C=N\NC)=C/C)N(Cc1cc(C(F)(F)F)cc(C(F)(F)F)c1)C[C@H]1CCN(c2nc(Cl)ncc2Cl)C1. The third kappa shape index (κ3) is 9.85. The number of alkyl halides is 6. The predicted molar refractivity (Wildman–Crippen MR) is 160 cm³/mol. The summed E-state index contributed by atoms with van der Waals surface area (Å²) in [5.74, 6) is 0.201. The standard InChI is InChI=1S/C28H28Cl2F6N8/c1-4-18(13-41-37-3)6-8-39-26(38-5-2)44(16-19-7-9-43(15-19)24-23(29)14-40-25(30)42-24)17-20-10-21(27(31,32)33)12-22(11-20)28(34,35)36/h2,4,8,10-14,19,37H,6-7,9,15-17H2,1,3H3/b18-4-,38-26?,39-8?,41-13-/t19-/m0/s1. The number of nitrogens with one attached hydrogen (secondary N) is 1.